The van der Waals surface area contributed by atoms with Crippen molar-refractivity contribution in [2.45, 2.75) is 92.9 Å². The first-order chi connectivity index (χ1) is 16.7. The van der Waals surface area contributed by atoms with E-state index in [0.717, 1.165) is 37.1 Å². The highest BCUT2D eigenvalue weighted by Gasteiger charge is 2.47. The average Bonchev–Trinajstić information content (AvgIpc) is 3.20. The fourth-order valence-electron chi connectivity index (χ4n) is 3.97. The lowest BCUT2D eigenvalue weighted by Gasteiger charge is -2.28. The number of carbonyl (C=O) groups excluding carboxylic acids is 2. The lowest BCUT2D eigenvalue weighted by atomic mass is 9.78. The molecular formula is C29H46N2O4. The molecule has 1 rings (SSSR count). The van der Waals surface area contributed by atoms with Crippen molar-refractivity contribution in [2.75, 3.05) is 13.2 Å². The molecule has 196 valence electrons. The van der Waals surface area contributed by atoms with Gasteiger partial charge in [-0.15, -0.1) is 0 Å². The molecule has 0 fully saturated rings. The van der Waals surface area contributed by atoms with Crippen molar-refractivity contribution in [1.82, 2.24) is 9.55 Å². The van der Waals surface area contributed by atoms with E-state index in [9.17, 15) is 9.59 Å². The van der Waals surface area contributed by atoms with Crippen LogP contribution >= 0.6 is 0 Å². The molecule has 0 saturated carbocycles. The van der Waals surface area contributed by atoms with Gasteiger partial charge in [-0.1, -0.05) is 34.9 Å². The topological polar surface area (TPSA) is 70.4 Å². The van der Waals surface area contributed by atoms with Gasteiger partial charge >= 0.3 is 11.9 Å². The Balaban J connectivity index is 2.94. The Labute approximate surface area is 212 Å². The Kier molecular flexibility index (Phi) is 14.0. The van der Waals surface area contributed by atoms with Gasteiger partial charge in [0.25, 0.3) is 0 Å². The summed E-state index contributed by atoms with van der Waals surface area (Å²) in [4.78, 5) is 30.6. The molecule has 0 spiro atoms. The smallest absolute Gasteiger partial charge is 0.323 e. The molecule has 0 N–H and O–H groups in total. The van der Waals surface area contributed by atoms with E-state index < -0.39 is 17.4 Å². The third-order valence-corrected chi connectivity index (χ3v) is 6.18. The second kappa shape index (κ2) is 16.1. The second-order valence-corrected chi connectivity index (χ2v) is 9.49. The normalized spacial score (nSPS) is 12.4. The Hall–Kier alpha value is -2.63. The first kappa shape index (κ1) is 30.4. The molecule has 0 amide bonds. The molecule has 1 aromatic rings. The van der Waals surface area contributed by atoms with Crippen molar-refractivity contribution < 1.29 is 19.1 Å². The summed E-state index contributed by atoms with van der Waals surface area (Å²) in [5.74, 6) is -0.0835. The lowest BCUT2D eigenvalue weighted by Crippen LogP contribution is -2.42. The maximum absolute atomic E-state index is 13.1. The molecule has 0 aliphatic rings. The van der Waals surface area contributed by atoms with E-state index in [0.29, 0.717) is 19.3 Å². The largest absolute Gasteiger partial charge is 0.465 e. The maximum atomic E-state index is 13.1. The molecule has 6 nitrogen and oxygen atoms in total. The number of aryl methyl sites for hydroxylation is 2. The minimum Gasteiger partial charge on any atom is -0.465 e. The monoisotopic (exact) mass is 486 g/mol. The predicted molar refractivity (Wildman–Crippen MR) is 142 cm³/mol. The zero-order chi connectivity index (χ0) is 26.3. The summed E-state index contributed by atoms with van der Waals surface area (Å²) in [6.45, 7) is 12.4. The molecule has 1 heterocycles. The Morgan fingerprint density at radius 1 is 0.943 bits per heavy atom. The van der Waals surface area contributed by atoms with E-state index in [1.807, 2.05) is 23.9 Å². The first-order valence-electron chi connectivity index (χ1n) is 12.9. The fourth-order valence-corrected chi connectivity index (χ4v) is 3.97. The summed E-state index contributed by atoms with van der Waals surface area (Å²) < 4.78 is 12.7. The number of esters is 2. The van der Waals surface area contributed by atoms with Crippen molar-refractivity contribution in [2.24, 2.45) is 12.5 Å². The summed E-state index contributed by atoms with van der Waals surface area (Å²) in [6.07, 6.45) is 16.1. The zero-order valence-corrected chi connectivity index (χ0v) is 23.0. The maximum Gasteiger partial charge on any atom is 0.323 e. The highest BCUT2D eigenvalue weighted by Crippen LogP contribution is 2.34. The molecule has 0 radical (unpaired) electrons. The van der Waals surface area contributed by atoms with Crippen LogP contribution in [0.1, 0.15) is 92.3 Å². The number of ether oxygens (including phenoxy) is 2. The third kappa shape index (κ3) is 10.7. The molecule has 35 heavy (non-hydrogen) atoms. The molecule has 0 aliphatic heterocycles. The van der Waals surface area contributed by atoms with E-state index in [4.69, 9.17) is 9.47 Å². The number of carbonyl (C=O) groups is 2. The van der Waals surface area contributed by atoms with Crippen LogP contribution in [-0.2, 0) is 32.5 Å². The van der Waals surface area contributed by atoms with Crippen LogP contribution in [0.15, 0.2) is 47.3 Å². The quantitative estimate of drug-likeness (QED) is 0.148. The van der Waals surface area contributed by atoms with E-state index in [2.05, 4.69) is 44.8 Å². The van der Waals surface area contributed by atoms with Gasteiger partial charge in [0.2, 0.25) is 0 Å². The Morgan fingerprint density at radius 2 is 1.51 bits per heavy atom. The van der Waals surface area contributed by atoms with E-state index in [1.165, 1.54) is 11.1 Å². The number of aromatic nitrogens is 2. The van der Waals surface area contributed by atoms with Gasteiger partial charge in [0.05, 0.1) is 13.2 Å². The number of imidazole rings is 1. The Morgan fingerprint density at radius 3 is 2.03 bits per heavy atom. The van der Waals surface area contributed by atoms with E-state index in [1.54, 1.807) is 20.0 Å². The van der Waals surface area contributed by atoms with Crippen molar-refractivity contribution in [3.63, 3.8) is 0 Å². The van der Waals surface area contributed by atoms with Crippen LogP contribution in [0.2, 0.25) is 0 Å². The number of hydrogen-bond donors (Lipinski definition) is 0. The molecule has 0 unspecified atom stereocenters. The standard InChI is InChI=1S/C29H46N2O4/c1-8-34-27(32)29(28(33)35-9-2,19-12-17-26-30-21-22-31(26)7)20-18-25(6)16-11-15-24(5)14-10-13-23(3)4/h13,15,18,21-22H,8-12,14,16-17,19-20H2,1-7H3/b24-15+,25-18+. The number of nitrogens with zero attached hydrogens (tertiary/aromatic N) is 2. The number of rotatable bonds is 16. The SMILES string of the molecule is CCOC(=O)C(C/C=C(\C)CC/C=C(\C)CCC=C(C)C)(CCCc1nccn1C)C(=O)OCC. The zero-order valence-electron chi connectivity index (χ0n) is 23.0. The fraction of sp³-hybridized carbons (Fsp3) is 0.621. The van der Waals surface area contributed by atoms with Gasteiger partial charge in [0.1, 0.15) is 5.82 Å². The Bertz CT molecular complexity index is 870. The highest BCUT2D eigenvalue weighted by atomic mass is 16.6. The first-order valence-corrected chi connectivity index (χ1v) is 12.9. The highest BCUT2D eigenvalue weighted by molar-refractivity contribution is 6.00. The average molecular weight is 487 g/mol. The molecular weight excluding hydrogens is 440 g/mol. The molecule has 0 aromatic carbocycles. The molecule has 0 atom stereocenters. The van der Waals surface area contributed by atoms with Crippen LogP contribution in [0, 0.1) is 5.41 Å². The van der Waals surface area contributed by atoms with Crippen LogP contribution in [0.3, 0.4) is 0 Å². The van der Waals surface area contributed by atoms with Crippen molar-refractivity contribution >= 4 is 11.9 Å². The summed E-state index contributed by atoms with van der Waals surface area (Å²) in [5, 5.41) is 0. The van der Waals surface area contributed by atoms with Crippen molar-refractivity contribution in [3.05, 3.63) is 53.2 Å². The van der Waals surface area contributed by atoms with Gasteiger partial charge in [-0.25, -0.2) is 4.98 Å². The van der Waals surface area contributed by atoms with Gasteiger partial charge in [0, 0.05) is 25.9 Å². The third-order valence-electron chi connectivity index (χ3n) is 6.18. The molecule has 0 bridgehead atoms. The van der Waals surface area contributed by atoms with Gasteiger partial charge in [-0.2, -0.15) is 0 Å². The minimum absolute atomic E-state index is 0.221. The minimum atomic E-state index is -1.34. The van der Waals surface area contributed by atoms with Crippen LogP contribution in [0.4, 0.5) is 0 Å². The van der Waals surface area contributed by atoms with Crippen molar-refractivity contribution in [1.29, 1.82) is 0 Å². The summed E-state index contributed by atoms with van der Waals surface area (Å²) in [7, 11) is 1.94. The van der Waals surface area contributed by atoms with Crippen LogP contribution in [0.5, 0.6) is 0 Å². The lowest BCUT2D eigenvalue weighted by molar-refractivity contribution is -0.172. The van der Waals surface area contributed by atoms with Crippen LogP contribution in [-0.4, -0.2) is 34.7 Å². The second-order valence-electron chi connectivity index (χ2n) is 9.49. The predicted octanol–water partition coefficient (Wildman–Crippen LogP) is 6.66. The van der Waals surface area contributed by atoms with Crippen LogP contribution in [0.25, 0.3) is 0 Å². The number of hydrogen-bond acceptors (Lipinski definition) is 5. The molecule has 1 aromatic heterocycles. The number of allylic oxidation sites excluding steroid dienone is 6. The summed E-state index contributed by atoms with van der Waals surface area (Å²) in [6, 6.07) is 0. The summed E-state index contributed by atoms with van der Waals surface area (Å²) in [5.41, 5.74) is 2.55. The van der Waals surface area contributed by atoms with Gasteiger partial charge in [0.15, 0.2) is 5.41 Å². The van der Waals surface area contributed by atoms with E-state index >= 15 is 0 Å². The van der Waals surface area contributed by atoms with Crippen LogP contribution < -0.4 is 0 Å². The molecule has 6 heteroatoms. The molecule has 0 saturated heterocycles. The molecule has 0 aliphatic carbocycles. The van der Waals surface area contributed by atoms with Gasteiger partial charge < -0.3 is 14.0 Å². The summed E-state index contributed by atoms with van der Waals surface area (Å²) >= 11 is 0. The van der Waals surface area contributed by atoms with Gasteiger partial charge in [-0.05, 0) is 86.5 Å². The van der Waals surface area contributed by atoms with Gasteiger partial charge in [-0.3, -0.25) is 9.59 Å². The van der Waals surface area contributed by atoms with E-state index in [-0.39, 0.29) is 19.6 Å². The van der Waals surface area contributed by atoms with Crippen molar-refractivity contribution in [3.8, 4) is 0 Å².